The van der Waals surface area contributed by atoms with Crippen LogP contribution in [0.3, 0.4) is 0 Å². The third kappa shape index (κ3) is 3.46. The molecule has 0 atom stereocenters. The summed E-state index contributed by atoms with van der Waals surface area (Å²) in [5.74, 6) is -1.01. The van der Waals surface area contributed by atoms with Crippen molar-refractivity contribution in [1.82, 2.24) is 15.1 Å². The van der Waals surface area contributed by atoms with E-state index in [2.05, 4.69) is 10.4 Å². The predicted molar refractivity (Wildman–Crippen MR) is 73.8 cm³/mol. The lowest BCUT2D eigenvalue weighted by atomic mass is 9.66. The number of aromatic nitrogens is 2. The Kier molecular flexibility index (Phi) is 4.22. The second-order valence-corrected chi connectivity index (χ2v) is 5.35. The lowest BCUT2D eigenvalue weighted by Crippen LogP contribution is -2.43. The zero-order valence-electron chi connectivity index (χ0n) is 11.5. The fraction of sp³-hybridized carbons (Fsp3) is 0.500. The largest absolute Gasteiger partial charge is 0.481 e. The summed E-state index contributed by atoms with van der Waals surface area (Å²) in [5, 5.41) is 15.7. The van der Waals surface area contributed by atoms with E-state index in [-0.39, 0.29) is 17.7 Å². The number of aliphatic carboxylic acids is 1. The molecule has 0 bridgehead atoms. The molecule has 0 aromatic carbocycles. The third-order valence-electron chi connectivity index (χ3n) is 3.84. The maximum Gasteiger partial charge on any atom is 0.303 e. The minimum absolute atomic E-state index is 0.124. The summed E-state index contributed by atoms with van der Waals surface area (Å²) in [7, 11) is 1.80. The minimum atomic E-state index is -0.802. The summed E-state index contributed by atoms with van der Waals surface area (Å²) in [6, 6.07) is 1.81. The summed E-state index contributed by atoms with van der Waals surface area (Å²) in [6.45, 7) is 0.424. The quantitative estimate of drug-likeness (QED) is 0.765. The first-order valence-corrected chi connectivity index (χ1v) is 6.66. The van der Waals surface area contributed by atoms with Crippen LogP contribution in [0.4, 0.5) is 0 Å². The van der Waals surface area contributed by atoms with Gasteiger partial charge in [-0.3, -0.25) is 14.3 Å². The smallest absolute Gasteiger partial charge is 0.303 e. The van der Waals surface area contributed by atoms with Crippen molar-refractivity contribution >= 4 is 18.0 Å². The Hall–Kier alpha value is -2.11. The van der Waals surface area contributed by atoms with Gasteiger partial charge in [-0.05, 0) is 30.4 Å². The molecule has 0 radical (unpaired) electrons. The van der Waals surface area contributed by atoms with Gasteiger partial charge >= 0.3 is 5.97 Å². The number of carboxylic acids is 1. The summed E-state index contributed by atoms with van der Waals surface area (Å²) in [6.07, 6.45) is 7.69. The summed E-state index contributed by atoms with van der Waals surface area (Å²) < 4.78 is 1.67. The van der Waals surface area contributed by atoms with Crippen LogP contribution in [0.15, 0.2) is 18.3 Å². The third-order valence-corrected chi connectivity index (χ3v) is 3.84. The second kappa shape index (κ2) is 5.90. The van der Waals surface area contributed by atoms with Crippen molar-refractivity contribution < 1.29 is 14.7 Å². The monoisotopic (exact) mass is 277 g/mol. The Bertz CT molecular complexity index is 530. The highest BCUT2D eigenvalue weighted by Crippen LogP contribution is 2.43. The van der Waals surface area contributed by atoms with E-state index in [0.29, 0.717) is 6.54 Å². The van der Waals surface area contributed by atoms with E-state index >= 15 is 0 Å². The highest BCUT2D eigenvalue weighted by molar-refractivity contribution is 5.91. The highest BCUT2D eigenvalue weighted by atomic mass is 16.4. The topological polar surface area (TPSA) is 84.2 Å². The first-order chi connectivity index (χ1) is 9.51. The van der Waals surface area contributed by atoms with Crippen LogP contribution in [0.25, 0.3) is 6.08 Å². The molecule has 2 rings (SSSR count). The van der Waals surface area contributed by atoms with Gasteiger partial charge in [0.25, 0.3) is 0 Å². The molecule has 1 saturated carbocycles. The fourth-order valence-electron chi connectivity index (χ4n) is 2.46. The molecule has 0 saturated heterocycles. The molecule has 1 aliphatic carbocycles. The lowest BCUT2D eigenvalue weighted by Gasteiger charge is -2.40. The van der Waals surface area contributed by atoms with Crippen molar-refractivity contribution in [2.45, 2.75) is 25.7 Å². The molecule has 6 heteroatoms. The van der Waals surface area contributed by atoms with E-state index in [9.17, 15) is 9.59 Å². The molecule has 1 amide bonds. The van der Waals surface area contributed by atoms with Crippen LogP contribution in [0.2, 0.25) is 0 Å². The number of rotatable bonds is 6. The molecule has 1 aromatic heterocycles. The van der Waals surface area contributed by atoms with Gasteiger partial charge in [0.15, 0.2) is 0 Å². The van der Waals surface area contributed by atoms with Crippen LogP contribution < -0.4 is 5.32 Å². The molecule has 108 valence electrons. The molecular formula is C14H19N3O3. The number of carbonyl (C=O) groups is 2. The zero-order chi connectivity index (χ0) is 14.6. The molecule has 0 aliphatic heterocycles. The number of nitrogens with one attached hydrogen (secondary N) is 1. The van der Waals surface area contributed by atoms with E-state index < -0.39 is 5.97 Å². The van der Waals surface area contributed by atoms with Gasteiger partial charge in [-0.25, -0.2) is 0 Å². The number of carbonyl (C=O) groups excluding carboxylic acids is 1. The molecule has 6 nitrogen and oxygen atoms in total. The van der Waals surface area contributed by atoms with Gasteiger partial charge in [-0.1, -0.05) is 6.42 Å². The van der Waals surface area contributed by atoms with Crippen molar-refractivity contribution in [2.75, 3.05) is 6.54 Å². The van der Waals surface area contributed by atoms with Gasteiger partial charge in [0.05, 0.1) is 12.1 Å². The second-order valence-electron chi connectivity index (χ2n) is 5.35. The van der Waals surface area contributed by atoms with Crippen molar-refractivity contribution in [3.8, 4) is 0 Å². The average molecular weight is 277 g/mol. The fourth-order valence-corrected chi connectivity index (χ4v) is 2.46. The highest BCUT2D eigenvalue weighted by Gasteiger charge is 2.38. The number of nitrogens with zero attached hydrogens (tertiary/aromatic N) is 2. The van der Waals surface area contributed by atoms with Crippen LogP contribution in [-0.4, -0.2) is 33.3 Å². The van der Waals surface area contributed by atoms with E-state index in [1.165, 1.54) is 6.08 Å². The first kappa shape index (κ1) is 14.3. The van der Waals surface area contributed by atoms with Crippen molar-refractivity contribution in [3.63, 3.8) is 0 Å². The number of hydrogen-bond acceptors (Lipinski definition) is 3. The zero-order valence-corrected chi connectivity index (χ0v) is 11.5. The van der Waals surface area contributed by atoms with Crippen molar-refractivity contribution in [1.29, 1.82) is 0 Å². The maximum atomic E-state index is 11.7. The normalized spacial score (nSPS) is 16.9. The molecule has 2 N–H and O–H groups in total. The van der Waals surface area contributed by atoms with Crippen LogP contribution in [0.5, 0.6) is 0 Å². The average Bonchev–Trinajstić information content (AvgIpc) is 2.75. The molecule has 20 heavy (non-hydrogen) atoms. The molecule has 1 fully saturated rings. The van der Waals surface area contributed by atoms with Crippen molar-refractivity contribution in [3.05, 3.63) is 24.0 Å². The van der Waals surface area contributed by atoms with E-state index in [1.54, 1.807) is 24.0 Å². The molecule has 1 heterocycles. The molecular weight excluding hydrogens is 258 g/mol. The summed E-state index contributed by atoms with van der Waals surface area (Å²) in [4.78, 5) is 22.6. The van der Waals surface area contributed by atoms with E-state index in [0.717, 1.165) is 25.0 Å². The van der Waals surface area contributed by atoms with Gasteiger partial charge in [0.1, 0.15) is 0 Å². The SMILES string of the molecule is Cn1nccc1/C=C/C(=O)NCC1(CC(=O)O)CCC1. The molecule has 0 spiro atoms. The van der Waals surface area contributed by atoms with Gasteiger partial charge in [-0.15, -0.1) is 0 Å². The van der Waals surface area contributed by atoms with Crippen LogP contribution in [-0.2, 0) is 16.6 Å². The summed E-state index contributed by atoms with van der Waals surface area (Å²) in [5.41, 5.74) is 0.589. The van der Waals surface area contributed by atoms with Gasteiger partial charge < -0.3 is 10.4 Å². The number of hydrogen-bond donors (Lipinski definition) is 2. The summed E-state index contributed by atoms with van der Waals surface area (Å²) >= 11 is 0. The Balaban J connectivity index is 1.84. The lowest BCUT2D eigenvalue weighted by molar-refractivity contribution is -0.141. The van der Waals surface area contributed by atoms with Crippen molar-refractivity contribution in [2.24, 2.45) is 12.5 Å². The van der Waals surface area contributed by atoms with Gasteiger partial charge in [0.2, 0.25) is 5.91 Å². The Labute approximate surface area is 117 Å². The Morgan fingerprint density at radius 1 is 1.55 bits per heavy atom. The first-order valence-electron chi connectivity index (χ1n) is 6.66. The van der Waals surface area contributed by atoms with Gasteiger partial charge in [-0.2, -0.15) is 5.10 Å². The minimum Gasteiger partial charge on any atom is -0.481 e. The van der Waals surface area contributed by atoms with E-state index in [4.69, 9.17) is 5.11 Å². The number of amides is 1. The van der Waals surface area contributed by atoms with Crippen LogP contribution >= 0.6 is 0 Å². The Morgan fingerprint density at radius 2 is 2.30 bits per heavy atom. The maximum absolute atomic E-state index is 11.7. The molecule has 0 unspecified atom stereocenters. The molecule has 1 aliphatic rings. The van der Waals surface area contributed by atoms with Gasteiger partial charge in [0, 0.05) is 25.9 Å². The predicted octanol–water partition coefficient (Wildman–Crippen LogP) is 1.19. The number of carboxylic acid groups (broad SMARTS) is 1. The van der Waals surface area contributed by atoms with Crippen LogP contribution in [0.1, 0.15) is 31.4 Å². The standard InChI is InChI=1S/C14H19N3O3/c1-17-11(5-8-16-17)3-4-12(18)15-10-14(6-2-7-14)9-13(19)20/h3-5,8H,2,6-7,9-10H2,1H3,(H,15,18)(H,19,20)/b4-3+. The van der Waals surface area contributed by atoms with Crippen LogP contribution in [0, 0.1) is 5.41 Å². The number of aryl methyl sites for hydroxylation is 1. The Morgan fingerprint density at radius 3 is 2.80 bits per heavy atom. The molecule has 1 aromatic rings. The van der Waals surface area contributed by atoms with E-state index in [1.807, 2.05) is 6.07 Å².